The molecule has 4 aromatic rings. The van der Waals surface area contributed by atoms with Gasteiger partial charge in [-0.2, -0.15) is 0 Å². The summed E-state index contributed by atoms with van der Waals surface area (Å²) >= 11 is 0. The van der Waals surface area contributed by atoms with E-state index in [-0.39, 0.29) is 12.5 Å². The Labute approximate surface area is 174 Å². The van der Waals surface area contributed by atoms with E-state index in [9.17, 15) is 9.90 Å². The number of rotatable bonds is 5. The third kappa shape index (κ3) is 3.96. The van der Waals surface area contributed by atoms with Gasteiger partial charge in [-0.25, -0.2) is 4.98 Å². The molecule has 6 nitrogen and oxygen atoms in total. The van der Waals surface area contributed by atoms with E-state index in [0.717, 1.165) is 38.7 Å². The van der Waals surface area contributed by atoms with E-state index in [4.69, 9.17) is 10.7 Å². The SMILES string of the molecule is Cc1ccc2nc3ccccc3c(Nc3cc(CO)cc(NC(=O)C(C)N)c3)c2c1. The Hall–Kier alpha value is -3.48. The molecule has 3 aromatic carbocycles. The number of hydrogen-bond donors (Lipinski definition) is 4. The molecule has 5 N–H and O–H groups in total. The van der Waals surface area contributed by atoms with E-state index in [0.29, 0.717) is 11.3 Å². The second kappa shape index (κ2) is 8.10. The summed E-state index contributed by atoms with van der Waals surface area (Å²) in [4.78, 5) is 16.8. The van der Waals surface area contributed by atoms with Crippen molar-refractivity contribution in [2.75, 3.05) is 10.6 Å². The summed E-state index contributed by atoms with van der Waals surface area (Å²) in [5.41, 5.74) is 11.5. The zero-order chi connectivity index (χ0) is 21.3. The topological polar surface area (TPSA) is 100 Å². The summed E-state index contributed by atoms with van der Waals surface area (Å²) in [6, 6.07) is 18.9. The van der Waals surface area contributed by atoms with Crippen molar-refractivity contribution in [3.8, 4) is 0 Å². The molecule has 0 fully saturated rings. The molecule has 1 heterocycles. The fourth-order valence-electron chi connectivity index (χ4n) is 3.47. The van der Waals surface area contributed by atoms with Crippen LogP contribution < -0.4 is 16.4 Å². The zero-order valence-electron chi connectivity index (χ0n) is 16.9. The first-order chi connectivity index (χ1) is 14.4. The predicted octanol–water partition coefficient (Wildman–Crippen LogP) is 4.22. The molecule has 1 unspecified atom stereocenters. The number of amides is 1. The van der Waals surface area contributed by atoms with E-state index in [1.165, 1.54) is 0 Å². The first-order valence-corrected chi connectivity index (χ1v) is 9.82. The van der Waals surface area contributed by atoms with Crippen LogP contribution in [0.2, 0.25) is 0 Å². The number of carbonyl (C=O) groups is 1. The average molecular weight is 400 g/mol. The molecule has 6 heteroatoms. The van der Waals surface area contributed by atoms with Gasteiger partial charge in [0.25, 0.3) is 0 Å². The number of pyridine rings is 1. The van der Waals surface area contributed by atoms with Crippen LogP contribution in [0.3, 0.4) is 0 Å². The van der Waals surface area contributed by atoms with Crippen LogP contribution in [-0.2, 0) is 11.4 Å². The van der Waals surface area contributed by atoms with Gasteiger partial charge in [0, 0.05) is 22.1 Å². The van der Waals surface area contributed by atoms with Crippen LogP contribution in [0.5, 0.6) is 0 Å². The van der Waals surface area contributed by atoms with Crippen molar-refractivity contribution < 1.29 is 9.90 Å². The monoisotopic (exact) mass is 400 g/mol. The molecule has 0 spiro atoms. The Kier molecular flexibility index (Phi) is 5.35. The molecule has 0 saturated carbocycles. The van der Waals surface area contributed by atoms with Crippen LogP contribution in [0.4, 0.5) is 17.1 Å². The number of anilines is 3. The number of aromatic nitrogens is 1. The van der Waals surface area contributed by atoms with Gasteiger partial charge in [0.15, 0.2) is 0 Å². The number of carbonyl (C=O) groups excluding carboxylic acids is 1. The van der Waals surface area contributed by atoms with Crippen LogP contribution in [0.25, 0.3) is 21.8 Å². The molecule has 0 radical (unpaired) electrons. The quantitative estimate of drug-likeness (QED) is 0.376. The van der Waals surface area contributed by atoms with Crippen molar-refractivity contribution >= 4 is 44.8 Å². The van der Waals surface area contributed by atoms with Crippen molar-refractivity contribution in [3.63, 3.8) is 0 Å². The molecule has 0 bridgehead atoms. The highest BCUT2D eigenvalue weighted by molar-refractivity contribution is 6.09. The number of aliphatic hydroxyl groups excluding tert-OH is 1. The Balaban J connectivity index is 1.85. The second-order valence-corrected chi connectivity index (χ2v) is 7.50. The molecule has 0 aliphatic rings. The predicted molar refractivity (Wildman–Crippen MR) is 122 cm³/mol. The molecule has 152 valence electrons. The lowest BCUT2D eigenvalue weighted by atomic mass is 10.0. The van der Waals surface area contributed by atoms with Crippen molar-refractivity contribution in [3.05, 3.63) is 71.8 Å². The van der Waals surface area contributed by atoms with E-state index in [2.05, 4.69) is 16.7 Å². The van der Waals surface area contributed by atoms with Crippen LogP contribution in [0, 0.1) is 6.92 Å². The number of fused-ring (bicyclic) bond motifs is 2. The van der Waals surface area contributed by atoms with Crippen LogP contribution in [0.1, 0.15) is 18.1 Å². The normalized spacial score (nSPS) is 12.1. The zero-order valence-corrected chi connectivity index (χ0v) is 16.9. The number of hydrogen-bond acceptors (Lipinski definition) is 5. The molecule has 1 amide bonds. The Morgan fingerprint density at radius 3 is 2.53 bits per heavy atom. The van der Waals surface area contributed by atoms with Crippen LogP contribution >= 0.6 is 0 Å². The van der Waals surface area contributed by atoms with Gasteiger partial charge in [-0.3, -0.25) is 4.79 Å². The smallest absolute Gasteiger partial charge is 0.240 e. The molecule has 4 rings (SSSR count). The molecule has 0 aliphatic carbocycles. The maximum atomic E-state index is 12.0. The highest BCUT2D eigenvalue weighted by Crippen LogP contribution is 2.34. The first-order valence-electron chi connectivity index (χ1n) is 9.82. The average Bonchev–Trinajstić information content (AvgIpc) is 2.73. The largest absolute Gasteiger partial charge is 0.392 e. The van der Waals surface area contributed by atoms with E-state index >= 15 is 0 Å². The maximum absolute atomic E-state index is 12.0. The van der Waals surface area contributed by atoms with Gasteiger partial charge in [0.05, 0.1) is 29.4 Å². The van der Waals surface area contributed by atoms with Crippen molar-refractivity contribution in [2.45, 2.75) is 26.5 Å². The molecule has 0 saturated heterocycles. The third-order valence-electron chi connectivity index (χ3n) is 4.96. The molecule has 30 heavy (non-hydrogen) atoms. The summed E-state index contributed by atoms with van der Waals surface area (Å²) in [6.45, 7) is 3.53. The fraction of sp³-hybridized carbons (Fsp3) is 0.167. The van der Waals surface area contributed by atoms with Gasteiger partial charge < -0.3 is 21.5 Å². The van der Waals surface area contributed by atoms with E-state index in [1.54, 1.807) is 13.0 Å². The fourth-order valence-corrected chi connectivity index (χ4v) is 3.47. The van der Waals surface area contributed by atoms with Crippen molar-refractivity contribution in [1.82, 2.24) is 4.98 Å². The van der Waals surface area contributed by atoms with Crippen molar-refractivity contribution in [2.24, 2.45) is 5.73 Å². The Morgan fingerprint density at radius 1 is 1.03 bits per heavy atom. The summed E-state index contributed by atoms with van der Waals surface area (Å²) in [5.74, 6) is -0.286. The number of nitrogens with zero attached hydrogens (tertiary/aromatic N) is 1. The second-order valence-electron chi connectivity index (χ2n) is 7.50. The minimum Gasteiger partial charge on any atom is -0.392 e. The highest BCUT2D eigenvalue weighted by Gasteiger charge is 2.12. The lowest BCUT2D eigenvalue weighted by Crippen LogP contribution is -2.32. The molecular weight excluding hydrogens is 376 g/mol. The van der Waals surface area contributed by atoms with Gasteiger partial charge in [0.1, 0.15) is 0 Å². The molecule has 0 aliphatic heterocycles. The Morgan fingerprint density at radius 2 is 1.77 bits per heavy atom. The molecule has 1 atom stereocenters. The lowest BCUT2D eigenvalue weighted by Gasteiger charge is -2.16. The number of nitrogens with one attached hydrogen (secondary N) is 2. The number of aliphatic hydroxyl groups is 1. The standard InChI is InChI=1S/C24H24N4O2/c1-14-7-8-22-20(9-14)23(19-5-3-4-6-21(19)28-22)26-17-10-16(13-29)11-18(12-17)27-24(30)15(2)25/h3-12,15,29H,13,25H2,1-2H3,(H,26,28)(H,27,30). The number of para-hydroxylation sites is 1. The van der Waals surface area contributed by atoms with Crippen LogP contribution in [-0.4, -0.2) is 22.0 Å². The van der Waals surface area contributed by atoms with Gasteiger partial charge in [-0.15, -0.1) is 0 Å². The lowest BCUT2D eigenvalue weighted by molar-refractivity contribution is -0.117. The number of benzene rings is 3. The summed E-state index contributed by atoms with van der Waals surface area (Å²) < 4.78 is 0. The van der Waals surface area contributed by atoms with Gasteiger partial charge >= 0.3 is 0 Å². The third-order valence-corrected chi connectivity index (χ3v) is 4.96. The number of aryl methyl sites for hydroxylation is 1. The molecule has 1 aromatic heterocycles. The number of nitrogens with two attached hydrogens (primary N) is 1. The minimum atomic E-state index is -0.629. The summed E-state index contributed by atoms with van der Waals surface area (Å²) in [7, 11) is 0. The molecular formula is C24H24N4O2. The maximum Gasteiger partial charge on any atom is 0.240 e. The van der Waals surface area contributed by atoms with Gasteiger partial charge in [-0.05, 0) is 55.8 Å². The van der Waals surface area contributed by atoms with Crippen molar-refractivity contribution in [1.29, 1.82) is 0 Å². The van der Waals surface area contributed by atoms with E-state index in [1.807, 2.05) is 55.5 Å². The minimum absolute atomic E-state index is 0.145. The van der Waals surface area contributed by atoms with Crippen LogP contribution in [0.15, 0.2) is 60.7 Å². The summed E-state index contributed by atoms with van der Waals surface area (Å²) in [5, 5.41) is 18.0. The Bertz CT molecular complexity index is 1250. The highest BCUT2D eigenvalue weighted by atomic mass is 16.3. The van der Waals surface area contributed by atoms with Gasteiger partial charge in [-0.1, -0.05) is 29.8 Å². The van der Waals surface area contributed by atoms with Gasteiger partial charge in [0.2, 0.25) is 5.91 Å². The van der Waals surface area contributed by atoms with E-state index < -0.39 is 6.04 Å². The summed E-state index contributed by atoms with van der Waals surface area (Å²) in [6.07, 6.45) is 0. The first kappa shape index (κ1) is 19.8.